The number of fused-ring (bicyclic) bond motifs is 1. The summed E-state index contributed by atoms with van der Waals surface area (Å²) in [6.07, 6.45) is 5.59. The molecular weight excluding hydrogens is 252 g/mol. The van der Waals surface area contributed by atoms with E-state index in [-0.39, 0.29) is 5.91 Å². The molecule has 0 unspecified atom stereocenters. The summed E-state index contributed by atoms with van der Waals surface area (Å²) >= 11 is 0. The molecule has 2 aromatic rings. The van der Waals surface area contributed by atoms with Gasteiger partial charge in [-0.3, -0.25) is 4.79 Å². The number of carbonyl (C=O) groups excluding carboxylic acids is 1. The zero-order valence-electron chi connectivity index (χ0n) is 11.7. The standard InChI is InChI=1S/C15H20N4O/c1-2-16-12-6-9-18(10-7-12)15(20)13-11-17-19-8-4-3-5-14(13)19/h3-5,8,11-12,16H,2,6-7,9-10H2,1H3. The maximum absolute atomic E-state index is 12.6. The van der Waals surface area contributed by atoms with Gasteiger partial charge in [0.25, 0.3) is 5.91 Å². The Bertz CT molecular complexity index is 599. The molecule has 0 bridgehead atoms. The number of piperidine rings is 1. The second kappa shape index (κ2) is 5.63. The lowest BCUT2D eigenvalue weighted by atomic mass is 10.0. The fraction of sp³-hybridized carbons (Fsp3) is 0.467. The smallest absolute Gasteiger partial charge is 0.257 e. The van der Waals surface area contributed by atoms with E-state index in [9.17, 15) is 4.79 Å². The molecule has 0 radical (unpaired) electrons. The summed E-state index contributed by atoms with van der Waals surface area (Å²) < 4.78 is 1.75. The van der Waals surface area contributed by atoms with Gasteiger partial charge in [-0.1, -0.05) is 13.0 Å². The van der Waals surface area contributed by atoms with Crippen molar-refractivity contribution in [1.82, 2.24) is 19.8 Å². The Morgan fingerprint density at radius 3 is 2.95 bits per heavy atom. The molecule has 20 heavy (non-hydrogen) atoms. The first kappa shape index (κ1) is 13.1. The van der Waals surface area contributed by atoms with Crippen LogP contribution in [0.1, 0.15) is 30.1 Å². The van der Waals surface area contributed by atoms with Gasteiger partial charge in [-0.2, -0.15) is 5.10 Å². The number of amides is 1. The molecule has 0 aromatic carbocycles. The van der Waals surface area contributed by atoms with Crippen molar-refractivity contribution in [2.75, 3.05) is 19.6 Å². The van der Waals surface area contributed by atoms with E-state index in [0.29, 0.717) is 11.6 Å². The molecule has 5 heteroatoms. The molecule has 0 spiro atoms. The number of hydrogen-bond donors (Lipinski definition) is 1. The van der Waals surface area contributed by atoms with Gasteiger partial charge in [0.15, 0.2) is 0 Å². The Morgan fingerprint density at radius 1 is 1.40 bits per heavy atom. The molecule has 3 heterocycles. The molecule has 1 saturated heterocycles. The molecule has 0 aliphatic carbocycles. The number of carbonyl (C=O) groups is 1. The fourth-order valence-electron chi connectivity index (χ4n) is 2.85. The maximum atomic E-state index is 12.6. The molecule has 1 amide bonds. The predicted molar refractivity (Wildman–Crippen MR) is 77.8 cm³/mol. The lowest BCUT2D eigenvalue weighted by molar-refractivity contribution is 0.0708. The molecule has 2 aromatic heterocycles. The molecule has 1 fully saturated rings. The van der Waals surface area contributed by atoms with Crippen molar-refractivity contribution < 1.29 is 4.79 Å². The highest BCUT2D eigenvalue weighted by molar-refractivity contribution is 6.00. The van der Waals surface area contributed by atoms with Gasteiger partial charge in [0.05, 0.1) is 17.3 Å². The summed E-state index contributed by atoms with van der Waals surface area (Å²) in [7, 11) is 0. The van der Waals surface area contributed by atoms with Crippen molar-refractivity contribution in [3.8, 4) is 0 Å². The summed E-state index contributed by atoms with van der Waals surface area (Å²) in [6.45, 7) is 4.75. The third-order valence-electron chi connectivity index (χ3n) is 3.93. The topological polar surface area (TPSA) is 49.6 Å². The number of rotatable bonds is 3. The van der Waals surface area contributed by atoms with E-state index < -0.39 is 0 Å². The fourth-order valence-corrected chi connectivity index (χ4v) is 2.85. The molecule has 0 atom stereocenters. The summed E-state index contributed by atoms with van der Waals surface area (Å²) in [5.74, 6) is 0.0983. The minimum atomic E-state index is 0.0983. The highest BCUT2D eigenvalue weighted by Gasteiger charge is 2.24. The Hall–Kier alpha value is -1.88. The third-order valence-corrected chi connectivity index (χ3v) is 3.93. The molecule has 106 valence electrons. The second-order valence-electron chi connectivity index (χ2n) is 5.21. The number of aromatic nitrogens is 2. The van der Waals surface area contributed by atoms with E-state index in [0.717, 1.165) is 38.0 Å². The minimum absolute atomic E-state index is 0.0983. The van der Waals surface area contributed by atoms with Crippen molar-refractivity contribution in [2.45, 2.75) is 25.8 Å². The molecule has 1 aliphatic rings. The number of pyridine rings is 1. The molecule has 1 aliphatic heterocycles. The van der Waals surface area contributed by atoms with Crippen molar-refractivity contribution >= 4 is 11.4 Å². The largest absolute Gasteiger partial charge is 0.338 e. The molecule has 5 nitrogen and oxygen atoms in total. The van der Waals surface area contributed by atoms with Gasteiger partial charge in [-0.25, -0.2) is 4.52 Å². The zero-order valence-corrected chi connectivity index (χ0v) is 11.7. The lowest BCUT2D eigenvalue weighted by Crippen LogP contribution is -2.44. The Labute approximate surface area is 118 Å². The van der Waals surface area contributed by atoms with E-state index in [2.05, 4.69) is 17.3 Å². The van der Waals surface area contributed by atoms with Crippen molar-refractivity contribution in [2.24, 2.45) is 0 Å². The van der Waals surface area contributed by atoms with Crippen LogP contribution in [0, 0.1) is 0 Å². The lowest BCUT2D eigenvalue weighted by Gasteiger charge is -2.32. The van der Waals surface area contributed by atoms with Gasteiger partial charge in [0, 0.05) is 25.3 Å². The molecule has 3 rings (SSSR count). The Kier molecular flexibility index (Phi) is 3.69. The van der Waals surface area contributed by atoms with Crippen molar-refractivity contribution in [3.63, 3.8) is 0 Å². The third kappa shape index (κ3) is 2.41. The first-order valence-corrected chi connectivity index (χ1v) is 7.24. The predicted octanol–water partition coefficient (Wildman–Crippen LogP) is 1.55. The van der Waals surface area contributed by atoms with Crippen LogP contribution in [0.2, 0.25) is 0 Å². The summed E-state index contributed by atoms with van der Waals surface area (Å²) in [6, 6.07) is 6.33. The van der Waals surface area contributed by atoms with E-state index >= 15 is 0 Å². The van der Waals surface area contributed by atoms with Gasteiger partial charge >= 0.3 is 0 Å². The monoisotopic (exact) mass is 272 g/mol. The quantitative estimate of drug-likeness (QED) is 0.922. The average molecular weight is 272 g/mol. The van der Waals surface area contributed by atoms with E-state index in [4.69, 9.17) is 0 Å². The molecule has 1 N–H and O–H groups in total. The van der Waals surface area contributed by atoms with Crippen molar-refractivity contribution in [1.29, 1.82) is 0 Å². The van der Waals surface area contributed by atoms with Crippen LogP contribution < -0.4 is 5.32 Å². The van der Waals surface area contributed by atoms with Gasteiger partial charge < -0.3 is 10.2 Å². The van der Waals surface area contributed by atoms with E-state index in [1.807, 2.05) is 29.3 Å². The highest BCUT2D eigenvalue weighted by Crippen LogP contribution is 2.17. The van der Waals surface area contributed by atoms with Crippen LogP contribution in [0.4, 0.5) is 0 Å². The molecular formula is C15H20N4O. The number of nitrogens with zero attached hydrogens (tertiary/aromatic N) is 3. The van der Waals surface area contributed by atoms with Crippen LogP contribution in [0.3, 0.4) is 0 Å². The Balaban J connectivity index is 1.74. The maximum Gasteiger partial charge on any atom is 0.257 e. The zero-order chi connectivity index (χ0) is 13.9. The minimum Gasteiger partial charge on any atom is -0.338 e. The van der Waals surface area contributed by atoms with E-state index in [1.54, 1.807) is 10.7 Å². The summed E-state index contributed by atoms with van der Waals surface area (Å²) in [4.78, 5) is 14.5. The van der Waals surface area contributed by atoms with Gasteiger partial charge in [-0.05, 0) is 31.5 Å². The van der Waals surface area contributed by atoms with E-state index in [1.165, 1.54) is 0 Å². The Morgan fingerprint density at radius 2 is 2.20 bits per heavy atom. The van der Waals surface area contributed by atoms with Crippen molar-refractivity contribution in [3.05, 3.63) is 36.2 Å². The summed E-state index contributed by atoms with van der Waals surface area (Å²) in [5, 5.41) is 7.69. The van der Waals surface area contributed by atoms with Crippen LogP contribution >= 0.6 is 0 Å². The number of likely N-dealkylation sites (tertiary alicyclic amines) is 1. The normalized spacial score (nSPS) is 16.8. The second-order valence-corrected chi connectivity index (χ2v) is 5.21. The van der Waals surface area contributed by atoms with Gasteiger partial charge in [-0.15, -0.1) is 0 Å². The SMILES string of the molecule is CCNC1CCN(C(=O)c2cnn3ccccc23)CC1. The van der Waals surface area contributed by atoms with Crippen LogP contribution in [0.15, 0.2) is 30.6 Å². The summed E-state index contributed by atoms with van der Waals surface area (Å²) in [5.41, 5.74) is 1.58. The highest BCUT2D eigenvalue weighted by atomic mass is 16.2. The van der Waals surface area contributed by atoms with Crippen LogP contribution in [0.25, 0.3) is 5.52 Å². The van der Waals surface area contributed by atoms with Gasteiger partial charge in [0.1, 0.15) is 0 Å². The van der Waals surface area contributed by atoms with Crippen LogP contribution in [0.5, 0.6) is 0 Å². The van der Waals surface area contributed by atoms with Crippen LogP contribution in [-0.2, 0) is 0 Å². The first-order valence-electron chi connectivity index (χ1n) is 7.24. The number of hydrogen-bond acceptors (Lipinski definition) is 3. The van der Waals surface area contributed by atoms with Crippen LogP contribution in [-0.4, -0.2) is 46.1 Å². The average Bonchev–Trinajstić information content (AvgIpc) is 2.92. The van der Waals surface area contributed by atoms with Gasteiger partial charge in [0.2, 0.25) is 0 Å². The first-order chi connectivity index (χ1) is 9.79. The molecule has 0 saturated carbocycles. The number of nitrogens with one attached hydrogen (secondary N) is 1.